The summed E-state index contributed by atoms with van der Waals surface area (Å²) in [6, 6.07) is 13.6. The lowest BCUT2D eigenvalue weighted by Gasteiger charge is -2.23. The smallest absolute Gasteiger partial charge is 0.264 e. The van der Waals surface area contributed by atoms with E-state index in [-0.39, 0.29) is 10.8 Å². The molecule has 2 aromatic rings. The first-order chi connectivity index (χ1) is 12.3. The molecule has 26 heavy (non-hydrogen) atoms. The first-order valence-corrected chi connectivity index (χ1v) is 10.3. The summed E-state index contributed by atoms with van der Waals surface area (Å²) in [4.78, 5) is 14.3. The Morgan fingerprint density at radius 1 is 0.923 bits per heavy atom. The van der Waals surface area contributed by atoms with Gasteiger partial charge in [0.05, 0.1) is 10.6 Å². The minimum atomic E-state index is -3.69. The van der Waals surface area contributed by atoms with Crippen LogP contribution < -0.4 is 4.31 Å². The van der Waals surface area contributed by atoms with Crippen molar-refractivity contribution in [2.24, 2.45) is 0 Å². The number of amides is 1. The fraction of sp³-hybridized carbons (Fsp3) is 0.350. The maximum absolute atomic E-state index is 13.0. The highest BCUT2D eigenvalue weighted by atomic mass is 32.2. The summed E-state index contributed by atoms with van der Waals surface area (Å²) in [5.41, 5.74) is 2.12. The van der Waals surface area contributed by atoms with Crippen molar-refractivity contribution in [1.82, 2.24) is 4.90 Å². The Balaban J connectivity index is 2.35. The molecule has 2 rings (SSSR count). The average Bonchev–Trinajstić information content (AvgIpc) is 2.63. The van der Waals surface area contributed by atoms with Gasteiger partial charge >= 0.3 is 0 Å². The maximum atomic E-state index is 13.0. The summed E-state index contributed by atoms with van der Waals surface area (Å²) in [5.74, 6) is -0.0926. The molecule has 6 heteroatoms. The summed E-state index contributed by atoms with van der Waals surface area (Å²) in [6.45, 7) is 9.13. The van der Waals surface area contributed by atoms with Crippen molar-refractivity contribution >= 4 is 21.6 Å². The van der Waals surface area contributed by atoms with E-state index in [0.29, 0.717) is 30.9 Å². The van der Waals surface area contributed by atoms with Gasteiger partial charge in [-0.1, -0.05) is 12.1 Å². The average molecular weight is 375 g/mol. The second kappa shape index (κ2) is 8.36. The SMILES string of the molecule is CCN(CC)C(=O)c1ccc(S(=O)(=O)N(CC)c2cccc(C)c2)cc1. The Morgan fingerprint density at radius 2 is 1.54 bits per heavy atom. The van der Waals surface area contributed by atoms with Gasteiger partial charge in [-0.3, -0.25) is 9.10 Å². The standard InChI is InChI=1S/C20H26N2O3S/c1-5-21(6-2)20(23)17-11-13-19(14-12-17)26(24,25)22(7-3)18-10-8-9-16(4)15-18/h8-15H,5-7H2,1-4H3. The number of rotatable bonds is 7. The monoisotopic (exact) mass is 374 g/mol. The van der Waals surface area contributed by atoms with Crippen LogP contribution in [0.3, 0.4) is 0 Å². The van der Waals surface area contributed by atoms with Crippen LogP contribution in [0.2, 0.25) is 0 Å². The summed E-state index contributed by atoms with van der Waals surface area (Å²) >= 11 is 0. The molecule has 0 aliphatic heterocycles. The zero-order chi connectivity index (χ0) is 19.3. The normalized spacial score (nSPS) is 11.2. The van der Waals surface area contributed by atoms with Crippen LogP contribution in [0.15, 0.2) is 53.4 Å². The predicted octanol–water partition coefficient (Wildman–Crippen LogP) is 3.69. The molecule has 0 N–H and O–H groups in total. The van der Waals surface area contributed by atoms with Gasteiger partial charge in [0.25, 0.3) is 15.9 Å². The van der Waals surface area contributed by atoms with Crippen LogP contribution in [-0.4, -0.2) is 38.9 Å². The number of benzene rings is 2. The van der Waals surface area contributed by atoms with Crippen LogP contribution in [0, 0.1) is 6.92 Å². The molecule has 0 aromatic heterocycles. The Labute approximate surface area is 156 Å². The second-order valence-corrected chi connectivity index (χ2v) is 7.87. The van der Waals surface area contributed by atoms with Crippen molar-refractivity contribution in [1.29, 1.82) is 0 Å². The third kappa shape index (κ3) is 4.07. The van der Waals surface area contributed by atoms with Crippen LogP contribution in [0.4, 0.5) is 5.69 Å². The molecule has 0 saturated heterocycles. The van der Waals surface area contributed by atoms with E-state index in [1.165, 1.54) is 16.4 Å². The Hall–Kier alpha value is -2.34. The summed E-state index contributed by atoms with van der Waals surface area (Å²) < 4.78 is 27.4. The highest BCUT2D eigenvalue weighted by molar-refractivity contribution is 7.92. The molecule has 0 heterocycles. The van der Waals surface area contributed by atoms with Crippen molar-refractivity contribution in [2.45, 2.75) is 32.6 Å². The van der Waals surface area contributed by atoms with E-state index in [1.807, 2.05) is 39.0 Å². The molecule has 1 amide bonds. The minimum Gasteiger partial charge on any atom is -0.339 e. The summed E-state index contributed by atoms with van der Waals surface area (Å²) in [6.07, 6.45) is 0. The lowest BCUT2D eigenvalue weighted by Crippen LogP contribution is -2.31. The van der Waals surface area contributed by atoms with Gasteiger partial charge in [0, 0.05) is 25.2 Å². The molecule has 0 atom stereocenters. The minimum absolute atomic E-state index is 0.0926. The lowest BCUT2D eigenvalue weighted by molar-refractivity contribution is 0.0773. The molecule has 0 bridgehead atoms. The number of aryl methyl sites for hydroxylation is 1. The van der Waals surface area contributed by atoms with Gasteiger partial charge in [0.2, 0.25) is 0 Å². The van der Waals surface area contributed by atoms with Gasteiger partial charge in [0.1, 0.15) is 0 Å². The van der Waals surface area contributed by atoms with E-state index >= 15 is 0 Å². The Kier molecular flexibility index (Phi) is 6.42. The number of hydrogen-bond donors (Lipinski definition) is 0. The number of nitrogens with zero attached hydrogens (tertiary/aromatic N) is 2. The van der Waals surface area contributed by atoms with Gasteiger partial charge < -0.3 is 4.90 Å². The van der Waals surface area contributed by atoms with Crippen molar-refractivity contribution in [2.75, 3.05) is 23.9 Å². The number of carbonyl (C=O) groups excluding carboxylic acids is 1. The van der Waals surface area contributed by atoms with E-state index < -0.39 is 10.0 Å². The maximum Gasteiger partial charge on any atom is 0.264 e. The van der Waals surface area contributed by atoms with Crippen molar-refractivity contribution in [3.05, 3.63) is 59.7 Å². The highest BCUT2D eigenvalue weighted by Gasteiger charge is 2.24. The topological polar surface area (TPSA) is 57.7 Å². The van der Waals surface area contributed by atoms with Gasteiger partial charge in [-0.15, -0.1) is 0 Å². The number of carbonyl (C=O) groups is 1. The fourth-order valence-corrected chi connectivity index (χ4v) is 4.33. The van der Waals surface area contributed by atoms with Crippen LogP contribution >= 0.6 is 0 Å². The molecule has 0 fully saturated rings. The summed E-state index contributed by atoms with van der Waals surface area (Å²) in [7, 11) is -3.69. The molecule has 5 nitrogen and oxygen atoms in total. The van der Waals surface area contributed by atoms with Gasteiger partial charge in [-0.2, -0.15) is 0 Å². The molecule has 0 radical (unpaired) electrons. The molecule has 0 spiro atoms. The van der Waals surface area contributed by atoms with Gasteiger partial charge in [0.15, 0.2) is 0 Å². The van der Waals surface area contributed by atoms with Crippen molar-refractivity contribution in [3.63, 3.8) is 0 Å². The fourth-order valence-electron chi connectivity index (χ4n) is 2.86. The summed E-state index contributed by atoms with van der Waals surface area (Å²) in [5, 5.41) is 0. The van der Waals surface area contributed by atoms with E-state index in [9.17, 15) is 13.2 Å². The van der Waals surface area contributed by atoms with E-state index in [4.69, 9.17) is 0 Å². The van der Waals surface area contributed by atoms with Crippen molar-refractivity contribution < 1.29 is 13.2 Å². The molecule has 0 saturated carbocycles. The van der Waals surface area contributed by atoms with E-state index in [1.54, 1.807) is 30.0 Å². The Morgan fingerprint density at radius 3 is 2.04 bits per heavy atom. The second-order valence-electron chi connectivity index (χ2n) is 6.01. The van der Waals surface area contributed by atoms with E-state index in [2.05, 4.69) is 0 Å². The quantitative estimate of drug-likeness (QED) is 0.743. The number of sulfonamides is 1. The lowest BCUT2D eigenvalue weighted by atomic mass is 10.2. The highest BCUT2D eigenvalue weighted by Crippen LogP contribution is 2.24. The zero-order valence-corrected chi connectivity index (χ0v) is 16.6. The molecule has 140 valence electrons. The molecule has 0 aliphatic rings. The first-order valence-electron chi connectivity index (χ1n) is 8.83. The van der Waals surface area contributed by atoms with Crippen molar-refractivity contribution in [3.8, 4) is 0 Å². The molecule has 2 aromatic carbocycles. The van der Waals surface area contributed by atoms with Gasteiger partial charge in [-0.25, -0.2) is 8.42 Å². The third-order valence-electron chi connectivity index (χ3n) is 4.32. The van der Waals surface area contributed by atoms with Crippen LogP contribution in [0.5, 0.6) is 0 Å². The molecular weight excluding hydrogens is 348 g/mol. The predicted molar refractivity (Wildman–Crippen MR) is 105 cm³/mol. The first kappa shape index (κ1) is 20.0. The van der Waals surface area contributed by atoms with Crippen LogP contribution in [-0.2, 0) is 10.0 Å². The molecule has 0 aliphatic carbocycles. The van der Waals surface area contributed by atoms with Crippen LogP contribution in [0.1, 0.15) is 36.7 Å². The van der Waals surface area contributed by atoms with Crippen LogP contribution in [0.25, 0.3) is 0 Å². The number of hydrogen-bond acceptors (Lipinski definition) is 3. The third-order valence-corrected chi connectivity index (χ3v) is 6.23. The molecular formula is C20H26N2O3S. The van der Waals surface area contributed by atoms with Gasteiger partial charge in [-0.05, 0) is 69.7 Å². The molecule has 0 unspecified atom stereocenters. The number of anilines is 1. The van der Waals surface area contributed by atoms with E-state index in [0.717, 1.165) is 5.56 Å². The largest absolute Gasteiger partial charge is 0.339 e. The zero-order valence-electron chi connectivity index (χ0n) is 15.8. The Bertz CT molecular complexity index is 857.